The number of sulfonamides is 1. The quantitative estimate of drug-likeness (QED) is 0.626. The van der Waals surface area contributed by atoms with Crippen molar-refractivity contribution >= 4 is 27.8 Å². The standard InChI is InChI=1S/C17H20N4O3S/c1-13-7-8-16(10-14(13)2)21(25(3,23)24)12-17(22)20-19-11-15-6-4-5-9-18-15/h4-11H,12H2,1-3H3,(H,20,22)/b19-11-. The predicted molar refractivity (Wildman–Crippen MR) is 98.1 cm³/mol. The molecule has 0 unspecified atom stereocenters. The lowest BCUT2D eigenvalue weighted by molar-refractivity contribution is -0.119. The topological polar surface area (TPSA) is 91.7 Å². The summed E-state index contributed by atoms with van der Waals surface area (Å²) in [6.07, 6.45) is 4.06. The van der Waals surface area contributed by atoms with Crippen LogP contribution in [0.5, 0.6) is 0 Å². The van der Waals surface area contributed by atoms with Crippen LogP contribution in [0.2, 0.25) is 0 Å². The molecule has 2 aromatic rings. The van der Waals surface area contributed by atoms with E-state index in [1.807, 2.05) is 19.9 Å². The smallest absolute Gasteiger partial charge is 0.260 e. The molecule has 1 aromatic heterocycles. The Balaban J connectivity index is 2.10. The zero-order valence-corrected chi connectivity index (χ0v) is 15.1. The Morgan fingerprint density at radius 2 is 2.00 bits per heavy atom. The first-order valence-electron chi connectivity index (χ1n) is 7.55. The molecular weight excluding hydrogens is 340 g/mol. The van der Waals surface area contributed by atoms with Crippen LogP contribution in [-0.4, -0.2) is 38.3 Å². The molecule has 132 valence electrons. The summed E-state index contributed by atoms with van der Waals surface area (Å²) >= 11 is 0. The first-order valence-corrected chi connectivity index (χ1v) is 9.40. The Labute approximate surface area is 147 Å². The minimum Gasteiger partial charge on any atom is -0.271 e. The first kappa shape index (κ1) is 18.6. The molecule has 1 N–H and O–H groups in total. The molecule has 8 heteroatoms. The van der Waals surface area contributed by atoms with Crippen molar-refractivity contribution in [2.45, 2.75) is 13.8 Å². The minimum atomic E-state index is -3.61. The molecule has 0 fully saturated rings. The molecule has 0 spiro atoms. The zero-order chi connectivity index (χ0) is 18.4. The van der Waals surface area contributed by atoms with Crippen molar-refractivity contribution in [3.63, 3.8) is 0 Å². The molecule has 0 aliphatic carbocycles. The van der Waals surface area contributed by atoms with E-state index >= 15 is 0 Å². The van der Waals surface area contributed by atoms with Gasteiger partial charge in [0.05, 0.1) is 23.9 Å². The number of nitrogens with zero attached hydrogens (tertiary/aromatic N) is 3. The van der Waals surface area contributed by atoms with Crippen molar-refractivity contribution in [2.75, 3.05) is 17.1 Å². The number of amides is 1. The second kappa shape index (κ2) is 7.89. The minimum absolute atomic E-state index is 0.360. The molecule has 1 aromatic carbocycles. The largest absolute Gasteiger partial charge is 0.271 e. The van der Waals surface area contributed by atoms with Crippen molar-refractivity contribution in [1.82, 2.24) is 10.4 Å². The van der Waals surface area contributed by atoms with Crippen LogP contribution in [0.4, 0.5) is 5.69 Å². The van der Waals surface area contributed by atoms with Crippen molar-refractivity contribution in [2.24, 2.45) is 5.10 Å². The van der Waals surface area contributed by atoms with Crippen molar-refractivity contribution in [1.29, 1.82) is 0 Å². The summed E-state index contributed by atoms with van der Waals surface area (Å²) in [4.78, 5) is 16.1. The molecule has 2 rings (SSSR count). The van der Waals surface area contributed by atoms with Gasteiger partial charge in [0.15, 0.2) is 0 Å². The lowest BCUT2D eigenvalue weighted by atomic mass is 10.1. The van der Waals surface area contributed by atoms with Gasteiger partial charge >= 0.3 is 0 Å². The van der Waals surface area contributed by atoms with Gasteiger partial charge in [-0.15, -0.1) is 0 Å². The number of hydrogen-bond acceptors (Lipinski definition) is 5. The lowest BCUT2D eigenvalue weighted by Gasteiger charge is -2.22. The number of hydrazone groups is 1. The van der Waals surface area contributed by atoms with Crippen LogP contribution in [0, 0.1) is 13.8 Å². The molecule has 1 amide bonds. The summed E-state index contributed by atoms with van der Waals surface area (Å²) in [5.41, 5.74) is 5.32. The highest BCUT2D eigenvalue weighted by Crippen LogP contribution is 2.20. The van der Waals surface area contributed by atoms with Crippen LogP contribution in [0.15, 0.2) is 47.7 Å². The van der Waals surface area contributed by atoms with Crippen LogP contribution in [0.1, 0.15) is 16.8 Å². The monoisotopic (exact) mass is 360 g/mol. The third-order valence-electron chi connectivity index (χ3n) is 3.54. The number of anilines is 1. The van der Waals surface area contributed by atoms with Crippen LogP contribution >= 0.6 is 0 Å². The molecule has 25 heavy (non-hydrogen) atoms. The van der Waals surface area contributed by atoms with E-state index in [4.69, 9.17) is 0 Å². The van der Waals surface area contributed by atoms with E-state index in [-0.39, 0.29) is 6.54 Å². The first-order chi connectivity index (χ1) is 11.8. The van der Waals surface area contributed by atoms with Gasteiger partial charge < -0.3 is 0 Å². The Bertz CT molecular complexity index is 880. The zero-order valence-electron chi connectivity index (χ0n) is 14.3. The number of pyridine rings is 1. The van der Waals surface area contributed by atoms with E-state index in [1.54, 1.807) is 36.5 Å². The Morgan fingerprint density at radius 3 is 2.60 bits per heavy atom. The molecule has 0 bridgehead atoms. The summed E-state index contributed by atoms with van der Waals surface area (Å²) in [7, 11) is -3.61. The normalized spacial score (nSPS) is 11.5. The summed E-state index contributed by atoms with van der Waals surface area (Å²) in [5.74, 6) is -0.546. The van der Waals surface area contributed by atoms with Gasteiger partial charge in [-0.25, -0.2) is 13.8 Å². The number of hydrogen-bond donors (Lipinski definition) is 1. The number of nitrogens with one attached hydrogen (secondary N) is 1. The van der Waals surface area contributed by atoms with Gasteiger partial charge in [0.1, 0.15) is 6.54 Å². The second-order valence-electron chi connectivity index (χ2n) is 5.59. The maximum Gasteiger partial charge on any atom is 0.260 e. The fraction of sp³-hybridized carbons (Fsp3) is 0.235. The number of benzene rings is 1. The van der Waals surface area contributed by atoms with Crippen LogP contribution < -0.4 is 9.73 Å². The highest BCUT2D eigenvalue weighted by atomic mass is 32.2. The molecule has 0 aliphatic rings. The molecular formula is C17H20N4O3S. The number of rotatable bonds is 6. The van der Waals surface area contributed by atoms with Crippen molar-refractivity contribution < 1.29 is 13.2 Å². The van der Waals surface area contributed by atoms with Gasteiger partial charge in [-0.3, -0.25) is 14.1 Å². The molecule has 0 saturated carbocycles. The SMILES string of the molecule is Cc1ccc(N(CC(=O)N/N=C\c2ccccn2)S(C)(=O)=O)cc1C. The van der Waals surface area contributed by atoms with Gasteiger partial charge in [-0.2, -0.15) is 5.10 Å². The van der Waals surface area contributed by atoms with Crippen LogP contribution in [0.25, 0.3) is 0 Å². The van der Waals surface area contributed by atoms with E-state index in [0.717, 1.165) is 21.7 Å². The van der Waals surface area contributed by atoms with Gasteiger partial charge in [-0.05, 0) is 49.2 Å². The molecule has 0 radical (unpaired) electrons. The Morgan fingerprint density at radius 1 is 1.24 bits per heavy atom. The van der Waals surface area contributed by atoms with Gasteiger partial charge in [0.2, 0.25) is 10.0 Å². The van der Waals surface area contributed by atoms with Gasteiger partial charge in [0.25, 0.3) is 5.91 Å². The molecule has 1 heterocycles. The maximum atomic E-state index is 12.1. The molecule has 0 atom stereocenters. The third-order valence-corrected chi connectivity index (χ3v) is 4.68. The average Bonchev–Trinajstić information content (AvgIpc) is 2.55. The molecule has 0 aliphatic heterocycles. The Kier molecular flexibility index (Phi) is 5.87. The van der Waals surface area contributed by atoms with E-state index in [0.29, 0.717) is 11.4 Å². The van der Waals surface area contributed by atoms with E-state index in [9.17, 15) is 13.2 Å². The van der Waals surface area contributed by atoms with E-state index in [1.165, 1.54) is 6.21 Å². The number of carbonyl (C=O) groups is 1. The maximum absolute atomic E-state index is 12.1. The lowest BCUT2D eigenvalue weighted by Crippen LogP contribution is -2.39. The summed E-state index contributed by atoms with van der Waals surface area (Å²) in [6, 6.07) is 10.5. The number of aryl methyl sites for hydroxylation is 2. The fourth-order valence-electron chi connectivity index (χ4n) is 2.07. The Hall–Kier alpha value is -2.74. The highest BCUT2D eigenvalue weighted by Gasteiger charge is 2.21. The fourth-order valence-corrected chi connectivity index (χ4v) is 2.92. The number of aromatic nitrogens is 1. The summed E-state index contributed by atoms with van der Waals surface area (Å²) in [5, 5.41) is 3.79. The van der Waals surface area contributed by atoms with Gasteiger partial charge in [0, 0.05) is 6.20 Å². The van der Waals surface area contributed by atoms with Crippen LogP contribution in [-0.2, 0) is 14.8 Å². The highest BCUT2D eigenvalue weighted by molar-refractivity contribution is 7.92. The predicted octanol–water partition coefficient (Wildman–Crippen LogP) is 1.61. The third kappa shape index (κ3) is 5.39. The number of carbonyl (C=O) groups excluding carboxylic acids is 1. The average molecular weight is 360 g/mol. The van der Waals surface area contributed by atoms with E-state index in [2.05, 4.69) is 15.5 Å². The van der Waals surface area contributed by atoms with E-state index < -0.39 is 15.9 Å². The molecule has 7 nitrogen and oxygen atoms in total. The summed E-state index contributed by atoms with van der Waals surface area (Å²) < 4.78 is 25.2. The summed E-state index contributed by atoms with van der Waals surface area (Å²) in [6.45, 7) is 3.46. The van der Waals surface area contributed by atoms with Crippen molar-refractivity contribution in [3.8, 4) is 0 Å². The molecule has 0 saturated heterocycles. The second-order valence-corrected chi connectivity index (χ2v) is 7.49. The van der Waals surface area contributed by atoms with Crippen molar-refractivity contribution in [3.05, 3.63) is 59.4 Å². The van der Waals surface area contributed by atoms with Gasteiger partial charge in [-0.1, -0.05) is 12.1 Å². The van der Waals surface area contributed by atoms with Crippen LogP contribution in [0.3, 0.4) is 0 Å².